The van der Waals surface area contributed by atoms with E-state index in [1.807, 2.05) is 51.2 Å². The molecule has 0 bridgehead atoms. The molecule has 3 N–H and O–H groups in total. The van der Waals surface area contributed by atoms with Crippen LogP contribution in [0.5, 0.6) is 0 Å². The van der Waals surface area contributed by atoms with Gasteiger partial charge in [-0.3, -0.25) is 4.98 Å². The highest BCUT2D eigenvalue weighted by atomic mass is 16.8. The Balaban J connectivity index is 0.000000241. The van der Waals surface area contributed by atoms with Crippen LogP contribution >= 0.6 is 0 Å². The minimum atomic E-state index is -0.472. The van der Waals surface area contributed by atoms with Gasteiger partial charge >= 0.3 is 0 Å². The van der Waals surface area contributed by atoms with E-state index in [-0.39, 0.29) is 5.48 Å². The Morgan fingerprint density at radius 2 is 1.58 bits per heavy atom. The normalized spacial score (nSPS) is 10.5. The first kappa shape index (κ1) is 20.0. The summed E-state index contributed by atoms with van der Waals surface area (Å²) >= 11 is 0. The number of nitrogens with one attached hydrogen (secondary N) is 1. The first-order chi connectivity index (χ1) is 11.3. The summed E-state index contributed by atoms with van der Waals surface area (Å²) in [5, 5.41) is 1.10. The van der Waals surface area contributed by atoms with Gasteiger partial charge in [-0.2, -0.15) is 0 Å². The molecule has 0 unspecified atom stereocenters. The summed E-state index contributed by atoms with van der Waals surface area (Å²) in [5.74, 6) is 0. The number of para-hydroxylation sites is 1. The second kappa shape index (κ2) is 10.7. The van der Waals surface area contributed by atoms with E-state index in [0.29, 0.717) is 19.8 Å². The Morgan fingerprint density at radius 3 is 2.21 bits per heavy atom. The Labute approximate surface area is 141 Å². The third-order valence-electron chi connectivity index (χ3n) is 3.07. The average Bonchev–Trinajstić information content (AvgIpc) is 3.05. The van der Waals surface area contributed by atoms with Crippen LogP contribution in [0.3, 0.4) is 0 Å². The van der Waals surface area contributed by atoms with Crippen molar-refractivity contribution in [2.75, 3.05) is 19.8 Å². The van der Waals surface area contributed by atoms with Crippen LogP contribution in [0, 0.1) is 0 Å². The minimum absolute atomic E-state index is 0. The standard InChI is InChI=1S/C10H7N3.C7H16O3.H2O/c1-2-4-8-7(3-1)10-9(5-11-8)12-6-13-10;1-4-8-7(9-5-2)10-6-3;/h1-6H,(H,12,13);7H,4-6H2,1-3H3;1H2. The van der Waals surface area contributed by atoms with E-state index in [0.717, 1.165) is 21.9 Å². The summed E-state index contributed by atoms with van der Waals surface area (Å²) in [6, 6.07) is 8.00. The van der Waals surface area contributed by atoms with Gasteiger partial charge in [-0.25, -0.2) is 4.98 Å². The van der Waals surface area contributed by atoms with E-state index in [1.165, 1.54) is 0 Å². The van der Waals surface area contributed by atoms with E-state index in [2.05, 4.69) is 15.0 Å². The molecular weight excluding hydrogens is 310 g/mol. The smallest absolute Gasteiger partial charge is 0.271 e. The van der Waals surface area contributed by atoms with E-state index in [9.17, 15) is 0 Å². The molecule has 7 nitrogen and oxygen atoms in total. The molecule has 3 rings (SSSR count). The molecule has 2 aromatic heterocycles. The zero-order chi connectivity index (χ0) is 16.5. The molecule has 0 aliphatic rings. The zero-order valence-corrected chi connectivity index (χ0v) is 14.3. The van der Waals surface area contributed by atoms with E-state index in [1.54, 1.807) is 6.33 Å². The molecule has 1 aromatic carbocycles. The van der Waals surface area contributed by atoms with Crippen molar-refractivity contribution in [2.24, 2.45) is 0 Å². The van der Waals surface area contributed by atoms with Gasteiger partial charge in [-0.05, 0) is 26.8 Å². The lowest BCUT2D eigenvalue weighted by Gasteiger charge is -2.15. The lowest BCUT2D eigenvalue weighted by atomic mass is 10.2. The number of aromatic nitrogens is 3. The quantitative estimate of drug-likeness (QED) is 0.698. The molecule has 132 valence electrons. The summed E-state index contributed by atoms with van der Waals surface area (Å²) < 4.78 is 15.2. The predicted octanol–water partition coefficient (Wildman–Crippen LogP) is 2.67. The first-order valence-electron chi connectivity index (χ1n) is 7.81. The number of rotatable bonds is 6. The maximum absolute atomic E-state index is 5.08. The van der Waals surface area contributed by atoms with Crippen LogP contribution in [0.1, 0.15) is 20.8 Å². The molecule has 0 aliphatic heterocycles. The Morgan fingerprint density at radius 1 is 0.958 bits per heavy atom. The minimum Gasteiger partial charge on any atom is -0.412 e. The largest absolute Gasteiger partial charge is 0.412 e. The number of aromatic amines is 1. The predicted molar refractivity (Wildman–Crippen MR) is 93.7 cm³/mol. The van der Waals surface area contributed by atoms with Gasteiger partial charge in [0.1, 0.15) is 0 Å². The van der Waals surface area contributed by atoms with Crippen molar-refractivity contribution in [3.63, 3.8) is 0 Å². The number of H-pyrrole nitrogens is 1. The number of pyridine rings is 1. The fourth-order valence-electron chi connectivity index (χ4n) is 2.09. The zero-order valence-electron chi connectivity index (χ0n) is 14.3. The van der Waals surface area contributed by atoms with E-state index >= 15 is 0 Å². The van der Waals surface area contributed by atoms with Crippen molar-refractivity contribution in [1.82, 2.24) is 15.0 Å². The van der Waals surface area contributed by atoms with E-state index < -0.39 is 6.48 Å². The Bertz CT molecular complexity index is 703. The third-order valence-corrected chi connectivity index (χ3v) is 3.07. The molecule has 0 amide bonds. The molecule has 24 heavy (non-hydrogen) atoms. The van der Waals surface area contributed by atoms with Crippen molar-refractivity contribution in [3.8, 4) is 0 Å². The Hall–Kier alpha value is -2.06. The van der Waals surface area contributed by atoms with Crippen molar-refractivity contribution < 1.29 is 19.7 Å². The third kappa shape index (κ3) is 5.24. The number of ether oxygens (including phenoxy) is 3. The monoisotopic (exact) mass is 335 g/mol. The van der Waals surface area contributed by atoms with Crippen LogP contribution in [0.2, 0.25) is 0 Å². The van der Waals surface area contributed by atoms with Crippen LogP contribution in [0.4, 0.5) is 0 Å². The molecule has 0 aliphatic carbocycles. The molecule has 0 fully saturated rings. The van der Waals surface area contributed by atoms with Crippen LogP contribution in [-0.2, 0) is 14.2 Å². The Kier molecular flexibility index (Phi) is 8.88. The molecule has 0 saturated carbocycles. The number of imidazole rings is 1. The highest BCUT2D eigenvalue weighted by Crippen LogP contribution is 2.19. The van der Waals surface area contributed by atoms with Gasteiger partial charge in [0, 0.05) is 25.2 Å². The lowest BCUT2D eigenvalue weighted by Crippen LogP contribution is -2.20. The molecule has 7 heteroatoms. The summed E-state index contributed by atoms with van der Waals surface area (Å²) in [6.07, 6.45) is 3.50. The average molecular weight is 335 g/mol. The van der Waals surface area contributed by atoms with Gasteiger partial charge in [-0.1, -0.05) is 18.2 Å². The fourth-order valence-corrected chi connectivity index (χ4v) is 2.09. The van der Waals surface area contributed by atoms with Gasteiger partial charge in [0.2, 0.25) is 0 Å². The second-order valence-corrected chi connectivity index (χ2v) is 4.59. The van der Waals surface area contributed by atoms with Crippen molar-refractivity contribution >= 4 is 21.9 Å². The number of hydrogen-bond acceptors (Lipinski definition) is 5. The molecule has 3 aromatic rings. The van der Waals surface area contributed by atoms with Gasteiger partial charge in [0.15, 0.2) is 0 Å². The molecule has 0 radical (unpaired) electrons. The molecular formula is C17H25N3O4. The van der Waals surface area contributed by atoms with E-state index in [4.69, 9.17) is 14.2 Å². The van der Waals surface area contributed by atoms with Crippen LogP contribution in [0.25, 0.3) is 21.9 Å². The summed E-state index contributed by atoms with van der Waals surface area (Å²) in [4.78, 5) is 11.6. The van der Waals surface area contributed by atoms with Gasteiger partial charge in [-0.15, -0.1) is 0 Å². The van der Waals surface area contributed by atoms with Crippen LogP contribution in [-0.4, -0.2) is 46.7 Å². The molecule has 0 spiro atoms. The fraction of sp³-hybridized carbons (Fsp3) is 0.412. The highest BCUT2D eigenvalue weighted by molar-refractivity contribution is 6.01. The molecule has 2 heterocycles. The molecule has 0 atom stereocenters. The van der Waals surface area contributed by atoms with Crippen LogP contribution < -0.4 is 0 Å². The van der Waals surface area contributed by atoms with Gasteiger partial charge < -0.3 is 24.7 Å². The number of fused-ring (bicyclic) bond motifs is 3. The SMILES string of the molecule is CCOC(OCC)OCC.O.c1ccc2c(c1)ncc1[nH]cnc12. The summed E-state index contributed by atoms with van der Waals surface area (Å²) in [5.41, 5.74) is 2.96. The van der Waals surface area contributed by atoms with Gasteiger partial charge in [0.05, 0.1) is 29.1 Å². The highest BCUT2D eigenvalue weighted by Gasteiger charge is 2.04. The maximum atomic E-state index is 5.08. The number of benzene rings is 1. The topological polar surface area (TPSA) is 101 Å². The second-order valence-electron chi connectivity index (χ2n) is 4.59. The van der Waals surface area contributed by atoms with Crippen molar-refractivity contribution in [2.45, 2.75) is 27.2 Å². The van der Waals surface area contributed by atoms with Crippen molar-refractivity contribution in [1.29, 1.82) is 0 Å². The van der Waals surface area contributed by atoms with Gasteiger partial charge in [0.25, 0.3) is 6.48 Å². The summed E-state index contributed by atoms with van der Waals surface area (Å²) in [6.45, 7) is 7.10. The maximum Gasteiger partial charge on any atom is 0.271 e. The number of hydrogen-bond donors (Lipinski definition) is 1. The number of nitrogens with zero attached hydrogens (tertiary/aromatic N) is 2. The summed E-state index contributed by atoms with van der Waals surface area (Å²) in [7, 11) is 0. The first-order valence-corrected chi connectivity index (χ1v) is 7.81. The molecule has 0 saturated heterocycles. The lowest BCUT2D eigenvalue weighted by molar-refractivity contribution is -0.282. The van der Waals surface area contributed by atoms with Crippen molar-refractivity contribution in [3.05, 3.63) is 36.8 Å². The van der Waals surface area contributed by atoms with Crippen LogP contribution in [0.15, 0.2) is 36.8 Å².